The van der Waals surface area contributed by atoms with Crippen molar-refractivity contribution in [2.24, 2.45) is 0 Å². The Labute approximate surface area is 130 Å². The van der Waals surface area contributed by atoms with E-state index in [0.717, 1.165) is 37.4 Å². The highest BCUT2D eigenvalue weighted by Gasteiger charge is 2.31. The molecule has 8 heteroatoms. The maximum atomic E-state index is 12.2. The molecule has 0 aliphatic carbocycles. The molecule has 0 unspecified atom stereocenters. The first-order chi connectivity index (χ1) is 10.4. The van der Waals surface area contributed by atoms with E-state index in [1.165, 1.54) is 0 Å². The average molecular weight is 326 g/mol. The van der Waals surface area contributed by atoms with Gasteiger partial charge in [0, 0.05) is 19.0 Å². The molecule has 2 aliphatic heterocycles. The van der Waals surface area contributed by atoms with Gasteiger partial charge in [-0.15, -0.1) is 0 Å². The van der Waals surface area contributed by atoms with Gasteiger partial charge in [0.25, 0.3) is 0 Å². The Morgan fingerprint density at radius 1 is 1.50 bits per heavy atom. The number of likely N-dealkylation sites (N-methyl/N-ethyl adjacent to an activating group) is 1. The van der Waals surface area contributed by atoms with E-state index in [0.29, 0.717) is 6.42 Å². The van der Waals surface area contributed by atoms with Crippen LogP contribution in [-0.2, 0) is 27.6 Å². The minimum atomic E-state index is -2.93. The van der Waals surface area contributed by atoms with Crippen LogP contribution < -0.4 is 5.32 Å². The van der Waals surface area contributed by atoms with E-state index in [9.17, 15) is 13.2 Å². The molecule has 1 fully saturated rings. The van der Waals surface area contributed by atoms with Crippen LogP contribution in [0.15, 0.2) is 6.20 Å². The molecule has 0 saturated carbocycles. The summed E-state index contributed by atoms with van der Waals surface area (Å²) in [5.41, 5.74) is 0. The second-order valence-electron chi connectivity index (χ2n) is 6.19. The molecular formula is C14H22N4O3S. The van der Waals surface area contributed by atoms with Gasteiger partial charge in [0.1, 0.15) is 11.6 Å². The van der Waals surface area contributed by atoms with Gasteiger partial charge in [-0.3, -0.25) is 9.69 Å². The maximum absolute atomic E-state index is 12.2. The monoisotopic (exact) mass is 326 g/mol. The summed E-state index contributed by atoms with van der Waals surface area (Å²) in [6, 6.07) is -0.0601. The highest BCUT2D eigenvalue weighted by Crippen LogP contribution is 2.20. The van der Waals surface area contributed by atoms with Crippen molar-refractivity contribution in [2.75, 3.05) is 30.4 Å². The summed E-state index contributed by atoms with van der Waals surface area (Å²) in [5, 5.41) is 2.90. The van der Waals surface area contributed by atoms with Crippen LogP contribution >= 0.6 is 0 Å². The third-order valence-electron chi connectivity index (χ3n) is 4.46. The average Bonchev–Trinajstić information content (AvgIpc) is 3.03. The lowest BCUT2D eigenvalue weighted by Gasteiger charge is -2.22. The Bertz CT molecular complexity index is 668. The van der Waals surface area contributed by atoms with Crippen molar-refractivity contribution in [3.05, 3.63) is 12.0 Å². The number of hydrogen-bond acceptors (Lipinski definition) is 5. The summed E-state index contributed by atoms with van der Waals surface area (Å²) in [7, 11) is -1.12. The maximum Gasteiger partial charge on any atom is 0.239 e. The Kier molecular flexibility index (Phi) is 4.22. The molecule has 1 aromatic heterocycles. The van der Waals surface area contributed by atoms with E-state index in [1.54, 1.807) is 13.2 Å². The quantitative estimate of drug-likeness (QED) is 0.859. The number of amides is 1. The SMILES string of the molecule is CN(CC(=O)Nc1cnc2n1CCCC2)[C@@H]1CCS(=O)(=O)C1. The highest BCUT2D eigenvalue weighted by molar-refractivity contribution is 7.91. The van der Waals surface area contributed by atoms with Crippen molar-refractivity contribution in [3.8, 4) is 0 Å². The molecule has 1 saturated heterocycles. The number of anilines is 1. The molecule has 3 heterocycles. The molecule has 0 bridgehead atoms. The number of aryl methyl sites for hydroxylation is 1. The summed E-state index contributed by atoms with van der Waals surface area (Å²) in [6.07, 6.45) is 5.51. The number of fused-ring (bicyclic) bond motifs is 1. The highest BCUT2D eigenvalue weighted by atomic mass is 32.2. The molecule has 3 rings (SSSR count). The van der Waals surface area contributed by atoms with Gasteiger partial charge in [-0.05, 0) is 26.3 Å². The van der Waals surface area contributed by atoms with Crippen LogP contribution in [0.4, 0.5) is 5.82 Å². The molecule has 1 amide bonds. The van der Waals surface area contributed by atoms with Crippen LogP contribution in [0.5, 0.6) is 0 Å². The Balaban J connectivity index is 1.57. The summed E-state index contributed by atoms with van der Waals surface area (Å²) in [4.78, 5) is 18.3. The number of sulfone groups is 1. The van der Waals surface area contributed by atoms with Gasteiger partial charge >= 0.3 is 0 Å². The van der Waals surface area contributed by atoms with E-state index in [-0.39, 0.29) is 30.0 Å². The van der Waals surface area contributed by atoms with Gasteiger partial charge in [-0.1, -0.05) is 0 Å². The fraction of sp³-hybridized carbons (Fsp3) is 0.714. The van der Waals surface area contributed by atoms with Crippen LogP contribution in [0.3, 0.4) is 0 Å². The van der Waals surface area contributed by atoms with Gasteiger partial charge in [-0.2, -0.15) is 0 Å². The van der Waals surface area contributed by atoms with Gasteiger partial charge in [-0.25, -0.2) is 13.4 Å². The van der Waals surface area contributed by atoms with Crippen LogP contribution in [-0.4, -0.2) is 59.9 Å². The van der Waals surface area contributed by atoms with Crippen LogP contribution in [0.25, 0.3) is 0 Å². The molecule has 1 N–H and O–H groups in total. The van der Waals surface area contributed by atoms with Crippen molar-refractivity contribution in [2.45, 2.75) is 38.3 Å². The first kappa shape index (κ1) is 15.5. The lowest BCUT2D eigenvalue weighted by molar-refractivity contribution is -0.117. The first-order valence-corrected chi connectivity index (χ1v) is 9.52. The van der Waals surface area contributed by atoms with Crippen molar-refractivity contribution in [1.82, 2.24) is 14.5 Å². The smallest absolute Gasteiger partial charge is 0.239 e. The van der Waals surface area contributed by atoms with Gasteiger partial charge in [0.2, 0.25) is 5.91 Å². The molecule has 7 nitrogen and oxygen atoms in total. The molecule has 122 valence electrons. The topological polar surface area (TPSA) is 84.3 Å². The van der Waals surface area contributed by atoms with Crippen molar-refractivity contribution in [1.29, 1.82) is 0 Å². The summed E-state index contributed by atoms with van der Waals surface area (Å²) >= 11 is 0. The summed E-state index contributed by atoms with van der Waals surface area (Å²) in [6.45, 7) is 1.09. The number of aromatic nitrogens is 2. The molecule has 1 atom stereocenters. The van der Waals surface area contributed by atoms with Gasteiger partial charge in [0.05, 0.1) is 24.2 Å². The Morgan fingerprint density at radius 3 is 3.05 bits per heavy atom. The minimum absolute atomic E-state index is 0.0601. The predicted octanol–water partition coefficient (Wildman–Crippen LogP) is 0.277. The predicted molar refractivity (Wildman–Crippen MR) is 83.5 cm³/mol. The van der Waals surface area contributed by atoms with Gasteiger partial charge in [0.15, 0.2) is 9.84 Å². The number of nitrogens with one attached hydrogen (secondary N) is 1. The van der Waals surface area contributed by atoms with Crippen molar-refractivity contribution in [3.63, 3.8) is 0 Å². The van der Waals surface area contributed by atoms with E-state index < -0.39 is 9.84 Å². The molecule has 0 spiro atoms. The zero-order chi connectivity index (χ0) is 15.7. The first-order valence-electron chi connectivity index (χ1n) is 7.69. The van der Waals surface area contributed by atoms with E-state index in [2.05, 4.69) is 14.9 Å². The number of rotatable bonds is 4. The lowest BCUT2D eigenvalue weighted by atomic mass is 10.2. The molecule has 22 heavy (non-hydrogen) atoms. The van der Waals surface area contributed by atoms with E-state index in [4.69, 9.17) is 0 Å². The zero-order valence-electron chi connectivity index (χ0n) is 12.8. The Hall–Kier alpha value is -1.41. The molecular weight excluding hydrogens is 304 g/mol. The molecule has 2 aliphatic rings. The zero-order valence-corrected chi connectivity index (χ0v) is 13.6. The number of imidazole rings is 1. The number of nitrogens with zero attached hydrogens (tertiary/aromatic N) is 3. The molecule has 0 radical (unpaired) electrons. The van der Waals surface area contributed by atoms with Crippen LogP contribution in [0.1, 0.15) is 25.1 Å². The van der Waals surface area contributed by atoms with Crippen LogP contribution in [0, 0.1) is 0 Å². The molecule has 0 aromatic carbocycles. The number of carbonyl (C=O) groups is 1. The number of carbonyl (C=O) groups excluding carboxylic acids is 1. The summed E-state index contributed by atoms with van der Waals surface area (Å²) in [5.74, 6) is 2.02. The van der Waals surface area contributed by atoms with E-state index in [1.807, 2.05) is 4.90 Å². The van der Waals surface area contributed by atoms with E-state index >= 15 is 0 Å². The number of hydrogen-bond donors (Lipinski definition) is 1. The second-order valence-corrected chi connectivity index (χ2v) is 8.42. The van der Waals surface area contributed by atoms with Crippen LogP contribution in [0.2, 0.25) is 0 Å². The van der Waals surface area contributed by atoms with Crippen molar-refractivity contribution < 1.29 is 13.2 Å². The third-order valence-corrected chi connectivity index (χ3v) is 6.21. The second kappa shape index (κ2) is 6.00. The Morgan fingerprint density at radius 2 is 2.32 bits per heavy atom. The fourth-order valence-electron chi connectivity index (χ4n) is 3.18. The lowest BCUT2D eigenvalue weighted by Crippen LogP contribution is -2.39. The van der Waals surface area contributed by atoms with Gasteiger partial charge < -0.3 is 9.88 Å². The normalized spacial score (nSPS) is 23.5. The minimum Gasteiger partial charge on any atom is -0.315 e. The summed E-state index contributed by atoms with van der Waals surface area (Å²) < 4.78 is 25.1. The standard InChI is InChI=1S/C14H22N4O3S/c1-17(11-5-7-22(20,21)10-11)9-14(19)16-13-8-15-12-4-2-3-6-18(12)13/h8,11H,2-7,9-10H2,1H3,(H,16,19)/t11-/m1/s1. The fourth-order valence-corrected chi connectivity index (χ4v) is 4.98. The van der Waals surface area contributed by atoms with Crippen molar-refractivity contribution >= 4 is 21.6 Å². The largest absolute Gasteiger partial charge is 0.315 e. The molecule has 1 aromatic rings. The third kappa shape index (κ3) is 3.33.